The highest BCUT2D eigenvalue weighted by atomic mass is 28.4. The van der Waals surface area contributed by atoms with Gasteiger partial charge in [0.15, 0.2) is 8.32 Å². The molecule has 0 fully saturated rings. The minimum atomic E-state index is -1.99. The van der Waals surface area contributed by atoms with Crippen molar-refractivity contribution in [2.45, 2.75) is 122 Å². The highest BCUT2D eigenvalue weighted by Gasteiger charge is 2.41. The Morgan fingerprint density at radius 2 is 1.77 bits per heavy atom. The van der Waals surface area contributed by atoms with E-state index in [1.165, 1.54) is 5.57 Å². The number of para-hydroxylation sites is 1. The fourth-order valence-electron chi connectivity index (χ4n) is 4.54. The van der Waals surface area contributed by atoms with Gasteiger partial charge in [0.05, 0.1) is 12.2 Å². The molecule has 1 aliphatic carbocycles. The number of carboxylic acids is 1. The average molecular weight is 505 g/mol. The number of hydrogen-bond donors (Lipinski definition) is 2. The minimum Gasteiger partial charge on any atom is -0.488 e. The molecule has 1 aliphatic rings. The molecule has 35 heavy (non-hydrogen) atoms. The standard InChI is InChI=1S/C29H48O5Si/c1-22(33-24-14-10-9-11-15-24)27(34-35(5,6)29(2,3)4)21-19-23-18-20-26(30)25(23)16-12-7-8-13-17-28(31)32/h9-11,14-15,18,22,25-27,30H,7-8,12-13,16-17,19-21H2,1-6H3,(H,31,32)/t22?,25-,26+,27?/m1/s1. The van der Waals surface area contributed by atoms with Crippen LogP contribution < -0.4 is 4.74 Å². The number of benzene rings is 1. The zero-order valence-corrected chi connectivity index (χ0v) is 23.8. The van der Waals surface area contributed by atoms with Crippen molar-refractivity contribution in [2.24, 2.45) is 5.92 Å². The van der Waals surface area contributed by atoms with Gasteiger partial charge in [-0.1, -0.05) is 69.9 Å². The van der Waals surface area contributed by atoms with Crippen LogP contribution in [-0.2, 0) is 9.22 Å². The van der Waals surface area contributed by atoms with Gasteiger partial charge in [-0.3, -0.25) is 4.79 Å². The lowest BCUT2D eigenvalue weighted by Crippen LogP contribution is -2.47. The van der Waals surface area contributed by atoms with Crippen LogP contribution in [0, 0.1) is 5.92 Å². The van der Waals surface area contributed by atoms with Crippen LogP contribution in [0.2, 0.25) is 18.1 Å². The number of aliphatic hydroxyl groups excluding tert-OH is 1. The molecule has 0 aliphatic heterocycles. The van der Waals surface area contributed by atoms with Crippen LogP contribution >= 0.6 is 0 Å². The van der Waals surface area contributed by atoms with Gasteiger partial charge in [-0.05, 0) is 69.3 Å². The first-order valence-corrected chi connectivity index (χ1v) is 16.3. The molecule has 0 spiro atoms. The van der Waals surface area contributed by atoms with E-state index in [9.17, 15) is 9.90 Å². The summed E-state index contributed by atoms with van der Waals surface area (Å²) < 4.78 is 13.2. The third-order valence-corrected chi connectivity index (χ3v) is 12.3. The smallest absolute Gasteiger partial charge is 0.303 e. The highest BCUT2D eigenvalue weighted by Crippen LogP contribution is 2.40. The Balaban J connectivity index is 1.99. The van der Waals surface area contributed by atoms with Gasteiger partial charge in [0.2, 0.25) is 0 Å². The Labute approximate surface area is 214 Å². The first kappa shape index (κ1) is 29.6. The predicted octanol–water partition coefficient (Wildman–Crippen LogP) is 7.36. The molecule has 0 radical (unpaired) electrons. The molecule has 0 amide bonds. The van der Waals surface area contributed by atoms with Crippen molar-refractivity contribution in [2.75, 3.05) is 0 Å². The predicted molar refractivity (Wildman–Crippen MR) is 145 cm³/mol. The van der Waals surface area contributed by atoms with E-state index in [1.54, 1.807) is 0 Å². The molecule has 0 saturated carbocycles. The number of carboxylic acid groups (broad SMARTS) is 1. The molecule has 0 saturated heterocycles. The summed E-state index contributed by atoms with van der Waals surface area (Å²) in [5.74, 6) is 0.342. The van der Waals surface area contributed by atoms with Gasteiger partial charge in [-0.2, -0.15) is 0 Å². The summed E-state index contributed by atoms with van der Waals surface area (Å²) in [6.07, 6.45) is 9.24. The van der Waals surface area contributed by atoms with Crippen LogP contribution in [0.4, 0.5) is 0 Å². The molecule has 2 N–H and O–H groups in total. The van der Waals surface area contributed by atoms with Gasteiger partial charge < -0.3 is 19.4 Å². The van der Waals surface area contributed by atoms with Gasteiger partial charge in [0.25, 0.3) is 0 Å². The van der Waals surface area contributed by atoms with Crippen LogP contribution in [0.15, 0.2) is 42.0 Å². The molecule has 2 rings (SSSR count). The van der Waals surface area contributed by atoms with Gasteiger partial charge in [-0.25, -0.2) is 0 Å². The Kier molecular flexibility index (Phi) is 11.5. The highest BCUT2D eigenvalue weighted by molar-refractivity contribution is 6.74. The lowest BCUT2D eigenvalue weighted by atomic mass is 9.89. The number of aliphatic hydroxyl groups is 1. The number of rotatable bonds is 15. The van der Waals surface area contributed by atoms with Gasteiger partial charge >= 0.3 is 5.97 Å². The molecular weight excluding hydrogens is 456 g/mol. The van der Waals surface area contributed by atoms with Gasteiger partial charge in [0.1, 0.15) is 11.9 Å². The molecule has 1 aromatic carbocycles. The maximum atomic E-state index is 10.7. The first-order valence-electron chi connectivity index (χ1n) is 13.4. The largest absolute Gasteiger partial charge is 0.488 e. The molecule has 6 heteroatoms. The maximum absolute atomic E-state index is 10.7. The third kappa shape index (κ3) is 9.74. The fourth-order valence-corrected chi connectivity index (χ4v) is 5.96. The molecular formula is C29H48O5Si. The van der Waals surface area contributed by atoms with Crippen LogP contribution in [-0.4, -0.2) is 42.8 Å². The van der Waals surface area contributed by atoms with E-state index in [4.69, 9.17) is 14.3 Å². The average Bonchev–Trinajstić information content (AvgIpc) is 3.12. The van der Waals surface area contributed by atoms with Crippen LogP contribution in [0.5, 0.6) is 5.75 Å². The van der Waals surface area contributed by atoms with Crippen LogP contribution in [0.1, 0.15) is 85.5 Å². The first-order chi connectivity index (χ1) is 16.4. The molecule has 0 bridgehead atoms. The summed E-state index contributed by atoms with van der Waals surface area (Å²) >= 11 is 0. The van der Waals surface area contributed by atoms with E-state index < -0.39 is 14.3 Å². The molecule has 5 nitrogen and oxygen atoms in total. The Bertz CT molecular complexity index is 799. The zero-order chi connectivity index (χ0) is 26.1. The quantitative estimate of drug-likeness (QED) is 0.148. The van der Waals surface area contributed by atoms with Gasteiger partial charge in [-0.15, -0.1) is 0 Å². The maximum Gasteiger partial charge on any atom is 0.303 e. The number of unbranched alkanes of at least 4 members (excludes halogenated alkanes) is 3. The second kappa shape index (κ2) is 13.6. The Morgan fingerprint density at radius 1 is 1.11 bits per heavy atom. The lowest BCUT2D eigenvalue weighted by Gasteiger charge is -2.41. The lowest BCUT2D eigenvalue weighted by molar-refractivity contribution is -0.137. The number of hydrogen-bond acceptors (Lipinski definition) is 4. The second-order valence-corrected chi connectivity index (χ2v) is 16.4. The fraction of sp³-hybridized carbons (Fsp3) is 0.690. The molecule has 0 heterocycles. The summed E-state index contributed by atoms with van der Waals surface area (Å²) in [5, 5.41) is 19.5. The summed E-state index contributed by atoms with van der Waals surface area (Å²) in [4.78, 5) is 10.7. The van der Waals surface area contributed by atoms with Crippen molar-refractivity contribution in [3.63, 3.8) is 0 Å². The van der Waals surface area contributed by atoms with Crippen molar-refractivity contribution in [1.29, 1.82) is 0 Å². The van der Waals surface area contributed by atoms with E-state index >= 15 is 0 Å². The van der Waals surface area contributed by atoms with Crippen molar-refractivity contribution in [1.82, 2.24) is 0 Å². The van der Waals surface area contributed by atoms with Crippen LogP contribution in [0.3, 0.4) is 0 Å². The minimum absolute atomic E-state index is 0.0218. The summed E-state index contributed by atoms with van der Waals surface area (Å²) in [5.41, 5.74) is 1.35. The van der Waals surface area contributed by atoms with Crippen molar-refractivity contribution in [3.05, 3.63) is 42.0 Å². The van der Waals surface area contributed by atoms with Gasteiger partial charge in [0, 0.05) is 12.3 Å². The molecule has 0 aromatic heterocycles. The van der Waals surface area contributed by atoms with E-state index in [1.807, 2.05) is 30.3 Å². The summed E-state index contributed by atoms with van der Waals surface area (Å²) in [7, 11) is -1.99. The number of ether oxygens (including phenoxy) is 1. The molecule has 1 aromatic rings. The SMILES string of the molecule is CC(Oc1ccccc1)C(CCC1=CC[C@H](O)[C@@H]1CCCCCCC(=O)O)O[Si](C)(C)C(C)(C)C. The topological polar surface area (TPSA) is 76.0 Å². The second-order valence-electron chi connectivity index (χ2n) is 11.6. The number of aliphatic carboxylic acids is 1. The molecule has 198 valence electrons. The van der Waals surface area contributed by atoms with Crippen LogP contribution in [0.25, 0.3) is 0 Å². The normalized spacial score (nSPS) is 20.4. The Morgan fingerprint density at radius 3 is 2.40 bits per heavy atom. The summed E-state index contributed by atoms with van der Waals surface area (Å²) in [6, 6.07) is 9.95. The Hall–Kier alpha value is -1.63. The van der Waals surface area contributed by atoms with Crippen molar-refractivity contribution in [3.8, 4) is 5.75 Å². The van der Waals surface area contributed by atoms with E-state index in [0.717, 1.165) is 57.1 Å². The number of carbonyl (C=O) groups is 1. The molecule has 2 unspecified atom stereocenters. The van der Waals surface area contributed by atoms with E-state index in [0.29, 0.717) is 0 Å². The third-order valence-electron chi connectivity index (χ3n) is 7.78. The van der Waals surface area contributed by atoms with E-state index in [-0.39, 0.29) is 35.7 Å². The van der Waals surface area contributed by atoms with E-state index in [2.05, 4.69) is 46.9 Å². The molecule has 4 atom stereocenters. The zero-order valence-electron chi connectivity index (χ0n) is 22.8. The summed E-state index contributed by atoms with van der Waals surface area (Å²) in [6.45, 7) is 13.5. The van der Waals surface area contributed by atoms with Crippen molar-refractivity contribution < 1.29 is 24.2 Å². The monoisotopic (exact) mass is 504 g/mol. The van der Waals surface area contributed by atoms with Crippen molar-refractivity contribution >= 4 is 14.3 Å².